The molecule has 0 saturated carbocycles. The fraction of sp³-hybridized carbons (Fsp3) is 0.250. The molecule has 2 aromatic heterocycles. The maximum atomic E-state index is 12.5. The number of carbonyl (C=O) groups excluding carboxylic acids is 2. The molecule has 0 aliphatic carbocycles. The Labute approximate surface area is 160 Å². The molecule has 1 aromatic carbocycles. The van der Waals surface area contributed by atoms with E-state index in [1.807, 2.05) is 35.2 Å². The highest BCUT2D eigenvalue weighted by atomic mass is 32.1. The predicted molar refractivity (Wildman–Crippen MR) is 104 cm³/mol. The summed E-state index contributed by atoms with van der Waals surface area (Å²) < 4.78 is 6.87. The second-order valence-electron chi connectivity index (χ2n) is 6.38. The van der Waals surface area contributed by atoms with E-state index in [-0.39, 0.29) is 11.8 Å². The SMILES string of the molecule is CNC(=O)Cc1ccc(Oc2ccnc3cc(C(=O)N4CCC4)sc23)cc1. The number of nitrogens with zero attached hydrogens (tertiary/aromatic N) is 2. The van der Waals surface area contributed by atoms with Crippen LogP contribution >= 0.6 is 11.3 Å². The molecule has 1 aliphatic heterocycles. The van der Waals surface area contributed by atoms with Crippen LogP contribution in [0, 0.1) is 0 Å². The summed E-state index contributed by atoms with van der Waals surface area (Å²) in [4.78, 5) is 30.8. The molecule has 1 aliphatic rings. The standard InChI is InChI=1S/C20H19N3O3S/c1-21-18(24)11-13-3-5-14(6-4-13)26-16-7-8-22-15-12-17(27-19(15)16)20(25)23-9-2-10-23/h3-8,12H,2,9-11H2,1H3,(H,21,24). The Balaban J connectivity index is 1.55. The number of rotatable bonds is 5. The van der Waals surface area contributed by atoms with Gasteiger partial charge in [-0.25, -0.2) is 0 Å². The van der Waals surface area contributed by atoms with E-state index in [2.05, 4.69) is 10.3 Å². The summed E-state index contributed by atoms with van der Waals surface area (Å²) in [6.07, 6.45) is 3.09. The second-order valence-corrected chi connectivity index (χ2v) is 7.43. The number of pyridine rings is 1. The van der Waals surface area contributed by atoms with Crippen LogP contribution in [0.25, 0.3) is 10.2 Å². The van der Waals surface area contributed by atoms with E-state index in [1.165, 1.54) is 11.3 Å². The lowest BCUT2D eigenvalue weighted by Gasteiger charge is -2.30. The van der Waals surface area contributed by atoms with Crippen molar-refractivity contribution in [2.45, 2.75) is 12.8 Å². The molecular weight excluding hydrogens is 362 g/mol. The lowest BCUT2D eigenvalue weighted by molar-refractivity contribution is -0.119. The number of fused-ring (bicyclic) bond motifs is 1. The number of carbonyl (C=O) groups is 2. The maximum Gasteiger partial charge on any atom is 0.264 e. The summed E-state index contributed by atoms with van der Waals surface area (Å²) in [6.45, 7) is 1.65. The minimum atomic E-state index is -0.0301. The molecular formula is C20H19N3O3S. The number of nitrogens with one attached hydrogen (secondary N) is 1. The third kappa shape index (κ3) is 3.64. The molecule has 7 heteroatoms. The van der Waals surface area contributed by atoms with Gasteiger partial charge in [0.25, 0.3) is 5.91 Å². The quantitative estimate of drug-likeness (QED) is 0.737. The number of benzene rings is 1. The minimum absolute atomic E-state index is 0.0301. The van der Waals surface area contributed by atoms with Gasteiger partial charge in [0.1, 0.15) is 11.5 Å². The summed E-state index contributed by atoms with van der Waals surface area (Å²) >= 11 is 1.41. The zero-order chi connectivity index (χ0) is 18.8. The van der Waals surface area contributed by atoms with Crippen LogP contribution in [0.4, 0.5) is 0 Å². The largest absolute Gasteiger partial charge is 0.456 e. The van der Waals surface area contributed by atoms with Gasteiger partial charge in [-0.3, -0.25) is 14.6 Å². The van der Waals surface area contributed by atoms with Crippen LogP contribution in [0.3, 0.4) is 0 Å². The summed E-state index contributed by atoms with van der Waals surface area (Å²) in [5.41, 5.74) is 1.68. The summed E-state index contributed by atoms with van der Waals surface area (Å²) in [7, 11) is 1.62. The van der Waals surface area contributed by atoms with E-state index < -0.39 is 0 Å². The maximum absolute atomic E-state index is 12.5. The van der Waals surface area contributed by atoms with Gasteiger partial charge in [0, 0.05) is 32.4 Å². The number of ether oxygens (including phenoxy) is 1. The number of aromatic nitrogens is 1. The molecule has 0 bridgehead atoms. The zero-order valence-corrected chi connectivity index (χ0v) is 15.7. The van der Waals surface area contributed by atoms with Crippen molar-refractivity contribution in [1.29, 1.82) is 0 Å². The minimum Gasteiger partial charge on any atom is -0.456 e. The molecule has 4 rings (SSSR count). The van der Waals surface area contributed by atoms with Gasteiger partial charge >= 0.3 is 0 Å². The molecule has 1 N–H and O–H groups in total. The molecule has 0 atom stereocenters. The molecule has 0 spiro atoms. The van der Waals surface area contributed by atoms with E-state index in [0.717, 1.165) is 35.3 Å². The molecule has 1 saturated heterocycles. The fourth-order valence-electron chi connectivity index (χ4n) is 2.85. The van der Waals surface area contributed by atoms with Crippen molar-refractivity contribution >= 4 is 33.4 Å². The number of thiophene rings is 1. The Kier molecular flexibility index (Phi) is 4.77. The molecule has 2 amide bonds. The van der Waals surface area contributed by atoms with Crippen LogP contribution in [0.5, 0.6) is 11.5 Å². The van der Waals surface area contributed by atoms with E-state index in [1.54, 1.807) is 19.3 Å². The van der Waals surface area contributed by atoms with E-state index in [9.17, 15) is 9.59 Å². The first kappa shape index (κ1) is 17.5. The normalized spacial score (nSPS) is 13.3. The first-order chi connectivity index (χ1) is 13.1. The van der Waals surface area contributed by atoms with E-state index in [0.29, 0.717) is 22.8 Å². The first-order valence-corrected chi connectivity index (χ1v) is 9.61. The monoisotopic (exact) mass is 381 g/mol. The number of likely N-dealkylation sites (tertiary alicyclic amines) is 1. The van der Waals surface area contributed by atoms with Gasteiger partial charge in [0.2, 0.25) is 5.91 Å². The topological polar surface area (TPSA) is 71.5 Å². The Morgan fingerprint density at radius 3 is 2.67 bits per heavy atom. The Hall–Kier alpha value is -2.93. The zero-order valence-electron chi connectivity index (χ0n) is 14.9. The smallest absolute Gasteiger partial charge is 0.264 e. The van der Waals surface area contributed by atoms with Gasteiger partial charge < -0.3 is 15.0 Å². The highest BCUT2D eigenvalue weighted by molar-refractivity contribution is 7.21. The van der Waals surface area contributed by atoms with Gasteiger partial charge in [-0.2, -0.15) is 0 Å². The van der Waals surface area contributed by atoms with Gasteiger partial charge in [-0.15, -0.1) is 11.3 Å². The van der Waals surface area contributed by atoms with Crippen LogP contribution in [0.15, 0.2) is 42.6 Å². The number of hydrogen-bond acceptors (Lipinski definition) is 5. The van der Waals surface area contributed by atoms with Crippen molar-refractivity contribution in [3.05, 3.63) is 53.0 Å². The average Bonchev–Trinajstić information content (AvgIpc) is 3.07. The van der Waals surface area contributed by atoms with Gasteiger partial charge in [0.05, 0.1) is 21.5 Å². The van der Waals surface area contributed by atoms with Crippen LogP contribution in [-0.2, 0) is 11.2 Å². The number of hydrogen-bond donors (Lipinski definition) is 1. The third-order valence-electron chi connectivity index (χ3n) is 4.52. The molecule has 138 valence electrons. The average molecular weight is 381 g/mol. The lowest BCUT2D eigenvalue weighted by Crippen LogP contribution is -2.41. The van der Waals surface area contributed by atoms with Crippen LogP contribution < -0.4 is 10.1 Å². The number of amides is 2. The summed E-state index contributed by atoms with van der Waals surface area (Å²) in [5, 5.41) is 2.61. The van der Waals surface area contributed by atoms with Gasteiger partial charge in [-0.1, -0.05) is 12.1 Å². The van der Waals surface area contributed by atoms with Crippen molar-refractivity contribution in [3.63, 3.8) is 0 Å². The Morgan fingerprint density at radius 1 is 1.22 bits per heavy atom. The fourth-order valence-corrected chi connectivity index (χ4v) is 3.89. The van der Waals surface area contributed by atoms with Crippen molar-refractivity contribution in [1.82, 2.24) is 15.2 Å². The second kappa shape index (κ2) is 7.36. The highest BCUT2D eigenvalue weighted by Gasteiger charge is 2.24. The van der Waals surface area contributed by atoms with Crippen LogP contribution in [-0.4, -0.2) is 41.8 Å². The Morgan fingerprint density at radius 2 is 2.00 bits per heavy atom. The third-order valence-corrected chi connectivity index (χ3v) is 5.65. The highest BCUT2D eigenvalue weighted by Crippen LogP contribution is 2.35. The van der Waals surface area contributed by atoms with Gasteiger partial charge in [0.15, 0.2) is 0 Å². The lowest BCUT2D eigenvalue weighted by atomic mass is 10.1. The molecule has 0 radical (unpaired) electrons. The van der Waals surface area contributed by atoms with Gasteiger partial charge in [-0.05, 0) is 30.2 Å². The van der Waals surface area contributed by atoms with Crippen molar-refractivity contribution in [2.75, 3.05) is 20.1 Å². The van der Waals surface area contributed by atoms with Crippen LogP contribution in [0.2, 0.25) is 0 Å². The molecule has 27 heavy (non-hydrogen) atoms. The van der Waals surface area contributed by atoms with Crippen molar-refractivity contribution in [2.24, 2.45) is 0 Å². The number of likely N-dealkylation sites (N-methyl/N-ethyl adjacent to an activating group) is 1. The van der Waals surface area contributed by atoms with Crippen molar-refractivity contribution in [3.8, 4) is 11.5 Å². The molecule has 6 nitrogen and oxygen atoms in total. The van der Waals surface area contributed by atoms with Crippen molar-refractivity contribution < 1.29 is 14.3 Å². The first-order valence-electron chi connectivity index (χ1n) is 8.79. The molecule has 3 heterocycles. The molecule has 3 aromatic rings. The predicted octanol–water partition coefficient (Wildman–Crippen LogP) is 3.22. The summed E-state index contributed by atoms with van der Waals surface area (Å²) in [5.74, 6) is 1.38. The molecule has 1 fully saturated rings. The molecule has 0 unspecified atom stereocenters. The van der Waals surface area contributed by atoms with E-state index >= 15 is 0 Å². The summed E-state index contributed by atoms with van der Waals surface area (Å²) in [6, 6.07) is 11.1. The van der Waals surface area contributed by atoms with Crippen LogP contribution in [0.1, 0.15) is 21.7 Å². The van der Waals surface area contributed by atoms with E-state index in [4.69, 9.17) is 4.74 Å². The Bertz CT molecular complexity index is 993.